The van der Waals surface area contributed by atoms with E-state index in [0.29, 0.717) is 0 Å². The van der Waals surface area contributed by atoms with E-state index in [0.717, 1.165) is 24.6 Å². The van der Waals surface area contributed by atoms with Crippen molar-refractivity contribution in [2.24, 2.45) is 0 Å². The van der Waals surface area contributed by atoms with Gasteiger partial charge in [0.05, 0.1) is 0 Å². The summed E-state index contributed by atoms with van der Waals surface area (Å²) in [5.74, 6) is 6.80. The van der Waals surface area contributed by atoms with Crippen molar-refractivity contribution in [2.75, 3.05) is 47.6 Å². The van der Waals surface area contributed by atoms with E-state index in [1.54, 1.807) is 0 Å². The van der Waals surface area contributed by atoms with Crippen LogP contribution in [0.15, 0.2) is 0 Å². The van der Waals surface area contributed by atoms with Crippen molar-refractivity contribution in [3.63, 3.8) is 0 Å². The summed E-state index contributed by atoms with van der Waals surface area (Å²) in [4.78, 5) is 14.0. The van der Waals surface area contributed by atoms with Crippen molar-refractivity contribution < 1.29 is 9.53 Å². The van der Waals surface area contributed by atoms with Crippen LogP contribution in [0, 0.1) is 0 Å². The number of carbonyl (C=O) groups is 1. The smallest absolute Gasteiger partial charge is 0.410 e. The fourth-order valence-corrected chi connectivity index (χ4v) is 4.71. The van der Waals surface area contributed by atoms with Gasteiger partial charge in [-0.25, -0.2) is 4.79 Å². The highest BCUT2D eigenvalue weighted by molar-refractivity contribution is 8.04. The first-order valence-corrected chi connectivity index (χ1v) is 10.2. The summed E-state index contributed by atoms with van der Waals surface area (Å²) in [7, 11) is 0. The van der Waals surface area contributed by atoms with E-state index in [2.05, 4.69) is 0 Å². The zero-order chi connectivity index (χ0) is 14.1. The molecule has 6 heteroatoms. The predicted octanol–water partition coefficient (Wildman–Crippen LogP) is 3.44. The Balaban J connectivity index is 2.44. The van der Waals surface area contributed by atoms with E-state index in [1.165, 1.54) is 23.0 Å². The van der Waals surface area contributed by atoms with Crippen LogP contribution < -0.4 is 0 Å². The highest BCUT2D eigenvalue weighted by atomic mass is 32.2. The molecule has 1 fully saturated rings. The molecule has 0 aromatic carbocycles. The highest BCUT2D eigenvalue weighted by Gasteiger charge is 2.21. The fourth-order valence-electron chi connectivity index (χ4n) is 1.51. The summed E-state index contributed by atoms with van der Waals surface area (Å²) in [5.41, 5.74) is -0.405. The Morgan fingerprint density at radius 1 is 0.895 bits per heavy atom. The number of hydrogen-bond donors (Lipinski definition) is 0. The zero-order valence-electron chi connectivity index (χ0n) is 12.1. The maximum atomic E-state index is 12.1. The van der Waals surface area contributed by atoms with Gasteiger partial charge < -0.3 is 9.64 Å². The Kier molecular flexibility index (Phi) is 8.50. The molecule has 0 radical (unpaired) electrons. The molecule has 1 heterocycles. The molecule has 0 N–H and O–H groups in total. The first-order valence-electron chi connectivity index (χ1n) is 6.70. The quantitative estimate of drug-likeness (QED) is 0.681. The summed E-state index contributed by atoms with van der Waals surface area (Å²) in [6, 6.07) is 0. The molecule has 1 aliphatic heterocycles. The van der Waals surface area contributed by atoms with E-state index >= 15 is 0 Å². The van der Waals surface area contributed by atoms with E-state index in [1.807, 2.05) is 61.0 Å². The largest absolute Gasteiger partial charge is 0.444 e. The minimum Gasteiger partial charge on any atom is -0.444 e. The Labute approximate surface area is 130 Å². The van der Waals surface area contributed by atoms with E-state index < -0.39 is 5.60 Å². The van der Waals surface area contributed by atoms with Gasteiger partial charge in [0.1, 0.15) is 5.60 Å². The molecule has 0 aromatic heterocycles. The van der Waals surface area contributed by atoms with Gasteiger partial charge in [0, 0.05) is 47.6 Å². The van der Waals surface area contributed by atoms with Crippen LogP contribution in [0.5, 0.6) is 0 Å². The van der Waals surface area contributed by atoms with Gasteiger partial charge in [0.15, 0.2) is 0 Å². The molecule has 0 aromatic rings. The summed E-state index contributed by atoms with van der Waals surface area (Å²) in [6.45, 7) is 7.35. The van der Waals surface area contributed by atoms with Crippen LogP contribution in [-0.2, 0) is 4.74 Å². The average Bonchev–Trinajstić information content (AvgIpc) is 2.27. The molecule has 0 aliphatic carbocycles. The number of ether oxygens (including phenoxy) is 1. The molecule has 0 bridgehead atoms. The van der Waals surface area contributed by atoms with Crippen LogP contribution in [0.2, 0.25) is 0 Å². The molecular formula is C13H25NO2S3. The number of thioether (sulfide) groups is 3. The second-order valence-corrected chi connectivity index (χ2v) is 8.98. The van der Waals surface area contributed by atoms with Crippen molar-refractivity contribution >= 4 is 41.4 Å². The van der Waals surface area contributed by atoms with E-state index in [9.17, 15) is 4.79 Å². The normalized spacial score (nSPS) is 20.3. The highest BCUT2D eigenvalue weighted by Crippen LogP contribution is 2.15. The lowest BCUT2D eigenvalue weighted by molar-refractivity contribution is 0.0274. The molecule has 1 amide bonds. The van der Waals surface area contributed by atoms with Crippen LogP contribution in [0.25, 0.3) is 0 Å². The van der Waals surface area contributed by atoms with Crippen molar-refractivity contribution in [3.8, 4) is 0 Å². The third-order valence-corrected chi connectivity index (χ3v) is 5.84. The first-order chi connectivity index (χ1) is 8.99. The van der Waals surface area contributed by atoms with E-state index in [-0.39, 0.29) is 6.09 Å². The third-order valence-electron chi connectivity index (χ3n) is 2.41. The van der Waals surface area contributed by atoms with E-state index in [4.69, 9.17) is 4.74 Å². The van der Waals surface area contributed by atoms with Gasteiger partial charge in [0.25, 0.3) is 0 Å². The molecule has 1 saturated heterocycles. The van der Waals surface area contributed by atoms with Crippen molar-refractivity contribution in [2.45, 2.75) is 26.4 Å². The van der Waals surface area contributed by atoms with Gasteiger partial charge in [-0.15, -0.1) is 0 Å². The molecule has 19 heavy (non-hydrogen) atoms. The first kappa shape index (κ1) is 17.4. The lowest BCUT2D eigenvalue weighted by Gasteiger charge is -2.27. The number of hydrogen-bond acceptors (Lipinski definition) is 5. The average molecular weight is 324 g/mol. The zero-order valence-corrected chi connectivity index (χ0v) is 14.6. The molecule has 1 rings (SSSR count). The van der Waals surface area contributed by atoms with Crippen LogP contribution in [0.3, 0.4) is 0 Å². The van der Waals surface area contributed by atoms with Gasteiger partial charge in [0.2, 0.25) is 0 Å². The second-order valence-electron chi connectivity index (χ2n) is 5.30. The molecule has 112 valence electrons. The molecule has 0 saturated carbocycles. The number of rotatable bonds is 0. The monoisotopic (exact) mass is 323 g/mol. The number of amides is 1. The molecule has 0 unspecified atom stereocenters. The number of carbonyl (C=O) groups excluding carboxylic acids is 1. The van der Waals surface area contributed by atoms with Gasteiger partial charge in [-0.1, -0.05) is 0 Å². The Morgan fingerprint density at radius 3 is 1.74 bits per heavy atom. The van der Waals surface area contributed by atoms with Crippen LogP contribution in [0.4, 0.5) is 4.79 Å². The topological polar surface area (TPSA) is 29.5 Å². The van der Waals surface area contributed by atoms with Gasteiger partial charge in [-0.3, -0.25) is 0 Å². The van der Waals surface area contributed by atoms with Gasteiger partial charge in [-0.05, 0) is 20.8 Å². The maximum absolute atomic E-state index is 12.1. The minimum atomic E-state index is -0.405. The van der Waals surface area contributed by atoms with Crippen LogP contribution in [-0.4, -0.2) is 64.2 Å². The van der Waals surface area contributed by atoms with Gasteiger partial charge in [-0.2, -0.15) is 35.3 Å². The Hall–Kier alpha value is 0.320. The van der Waals surface area contributed by atoms with Crippen molar-refractivity contribution in [1.29, 1.82) is 0 Å². The molecular weight excluding hydrogens is 298 g/mol. The number of nitrogens with zero attached hydrogens (tertiary/aromatic N) is 1. The summed E-state index contributed by atoms with van der Waals surface area (Å²) in [6.07, 6.45) is -0.167. The SMILES string of the molecule is CC(C)(C)OC(=O)N1CCSCCSCCSCC1. The second kappa shape index (κ2) is 9.29. The summed E-state index contributed by atoms with van der Waals surface area (Å²) in [5, 5.41) is 0. The van der Waals surface area contributed by atoms with Crippen LogP contribution in [0.1, 0.15) is 20.8 Å². The maximum Gasteiger partial charge on any atom is 0.410 e. The predicted molar refractivity (Wildman–Crippen MR) is 89.8 cm³/mol. The minimum absolute atomic E-state index is 0.167. The molecule has 0 atom stereocenters. The standard InChI is InChI=1S/C13H25NO2S3/c1-13(2,3)16-12(15)14-4-6-17-8-10-19-11-9-18-7-5-14/h4-11H2,1-3H3. The van der Waals surface area contributed by atoms with Crippen LogP contribution >= 0.6 is 35.3 Å². The molecule has 1 aliphatic rings. The molecule has 0 spiro atoms. The summed E-state index contributed by atoms with van der Waals surface area (Å²) >= 11 is 5.90. The van der Waals surface area contributed by atoms with Crippen molar-refractivity contribution in [3.05, 3.63) is 0 Å². The lowest BCUT2D eigenvalue weighted by Crippen LogP contribution is -2.39. The Bertz CT molecular complexity index is 257. The summed E-state index contributed by atoms with van der Waals surface area (Å²) < 4.78 is 5.47. The third kappa shape index (κ3) is 8.97. The Morgan fingerprint density at radius 2 is 1.32 bits per heavy atom. The fraction of sp³-hybridized carbons (Fsp3) is 0.923. The van der Waals surface area contributed by atoms with Crippen molar-refractivity contribution in [1.82, 2.24) is 4.90 Å². The lowest BCUT2D eigenvalue weighted by atomic mass is 10.2. The van der Waals surface area contributed by atoms with Gasteiger partial charge >= 0.3 is 6.09 Å². The molecule has 3 nitrogen and oxygen atoms in total.